The number of hydrogen-bond acceptors (Lipinski definition) is 6. The third kappa shape index (κ3) is 3.32. The molecule has 3 aromatic heterocycles. The van der Waals surface area contributed by atoms with Gasteiger partial charge in [0, 0.05) is 11.6 Å². The minimum absolute atomic E-state index is 0.166. The van der Waals surface area contributed by atoms with Gasteiger partial charge in [-0.25, -0.2) is 9.67 Å². The Bertz CT molecular complexity index is 1060. The number of benzene rings is 1. The Kier molecular flexibility index (Phi) is 4.42. The standard InChI is InChI=1S/C17H11ClN6OS/c18-11-5-1-2-7-15(11)24-9-13(22-23-24)16(25)21-17-20-14(10-26-17)12-6-3-4-8-19-12/h1-10H,(H,20,21,25). The van der Waals surface area contributed by atoms with Crippen LogP contribution in [0.2, 0.25) is 5.02 Å². The van der Waals surface area contributed by atoms with Crippen molar-refractivity contribution in [2.45, 2.75) is 0 Å². The van der Waals surface area contributed by atoms with E-state index < -0.39 is 5.91 Å². The fourth-order valence-corrected chi connectivity index (χ4v) is 3.17. The molecule has 0 unspecified atom stereocenters. The number of nitrogens with one attached hydrogen (secondary N) is 1. The van der Waals surface area contributed by atoms with E-state index in [-0.39, 0.29) is 5.69 Å². The van der Waals surface area contributed by atoms with Gasteiger partial charge in [0.05, 0.1) is 22.6 Å². The van der Waals surface area contributed by atoms with E-state index in [4.69, 9.17) is 11.6 Å². The van der Waals surface area contributed by atoms with E-state index in [0.29, 0.717) is 21.5 Å². The van der Waals surface area contributed by atoms with Crippen molar-refractivity contribution >= 4 is 34.0 Å². The zero-order valence-corrected chi connectivity index (χ0v) is 14.8. The largest absolute Gasteiger partial charge is 0.296 e. The fraction of sp³-hybridized carbons (Fsp3) is 0. The summed E-state index contributed by atoms with van der Waals surface area (Å²) in [6.45, 7) is 0. The van der Waals surface area contributed by atoms with Crippen LogP contribution in [0.5, 0.6) is 0 Å². The van der Waals surface area contributed by atoms with E-state index in [1.165, 1.54) is 22.2 Å². The van der Waals surface area contributed by atoms with Gasteiger partial charge >= 0.3 is 0 Å². The molecule has 0 radical (unpaired) electrons. The number of thiazole rings is 1. The summed E-state index contributed by atoms with van der Waals surface area (Å²) >= 11 is 7.45. The van der Waals surface area contributed by atoms with E-state index in [1.807, 2.05) is 35.7 Å². The van der Waals surface area contributed by atoms with Crippen molar-refractivity contribution in [1.82, 2.24) is 25.0 Å². The van der Waals surface area contributed by atoms with E-state index >= 15 is 0 Å². The monoisotopic (exact) mass is 382 g/mol. The Morgan fingerprint density at radius 2 is 1.96 bits per heavy atom. The highest BCUT2D eigenvalue weighted by atomic mass is 35.5. The summed E-state index contributed by atoms with van der Waals surface area (Å²) in [6.07, 6.45) is 3.21. The van der Waals surface area contributed by atoms with Crippen LogP contribution in [-0.4, -0.2) is 30.9 Å². The van der Waals surface area contributed by atoms with Crippen molar-refractivity contribution < 1.29 is 4.79 Å². The molecule has 0 saturated carbocycles. The topological polar surface area (TPSA) is 85.6 Å². The zero-order valence-electron chi connectivity index (χ0n) is 13.2. The predicted molar refractivity (Wildman–Crippen MR) is 99.7 cm³/mol. The van der Waals surface area contributed by atoms with Crippen LogP contribution in [0.1, 0.15) is 10.5 Å². The van der Waals surface area contributed by atoms with Crippen LogP contribution in [-0.2, 0) is 0 Å². The Hall–Kier alpha value is -3.10. The van der Waals surface area contributed by atoms with Crippen LogP contribution in [0.4, 0.5) is 5.13 Å². The normalized spacial score (nSPS) is 10.7. The molecule has 1 aromatic carbocycles. The number of halogens is 1. The Balaban J connectivity index is 1.51. The number of rotatable bonds is 4. The smallest absolute Gasteiger partial charge is 0.279 e. The summed E-state index contributed by atoms with van der Waals surface area (Å²) in [5.74, 6) is -0.398. The molecule has 9 heteroatoms. The van der Waals surface area contributed by atoms with E-state index in [0.717, 1.165) is 5.69 Å². The maximum Gasteiger partial charge on any atom is 0.279 e. The van der Waals surface area contributed by atoms with Gasteiger partial charge in [-0.05, 0) is 24.3 Å². The Morgan fingerprint density at radius 3 is 2.77 bits per heavy atom. The molecule has 0 aliphatic heterocycles. The fourth-order valence-electron chi connectivity index (χ4n) is 2.25. The number of aromatic nitrogens is 5. The van der Waals surface area contributed by atoms with Crippen molar-refractivity contribution in [3.8, 4) is 17.1 Å². The molecule has 3 heterocycles. The number of amides is 1. The number of para-hydroxylation sites is 1. The lowest BCUT2D eigenvalue weighted by Gasteiger charge is -2.01. The number of carbonyl (C=O) groups excluding carboxylic acids is 1. The first kappa shape index (κ1) is 16.4. The number of hydrogen-bond donors (Lipinski definition) is 1. The highest BCUT2D eigenvalue weighted by Gasteiger charge is 2.15. The van der Waals surface area contributed by atoms with Gasteiger partial charge in [0.15, 0.2) is 10.8 Å². The molecule has 128 valence electrons. The Morgan fingerprint density at radius 1 is 1.12 bits per heavy atom. The first-order chi connectivity index (χ1) is 12.7. The van der Waals surface area contributed by atoms with E-state index in [2.05, 4.69) is 25.6 Å². The minimum Gasteiger partial charge on any atom is -0.296 e. The quantitative estimate of drug-likeness (QED) is 0.581. The second-order valence-corrected chi connectivity index (χ2v) is 6.47. The summed E-state index contributed by atoms with van der Waals surface area (Å²) < 4.78 is 1.46. The molecule has 1 N–H and O–H groups in total. The minimum atomic E-state index is -0.398. The van der Waals surface area contributed by atoms with E-state index in [1.54, 1.807) is 18.3 Å². The molecule has 0 aliphatic rings. The van der Waals surface area contributed by atoms with Gasteiger partial charge in [0.2, 0.25) is 0 Å². The van der Waals surface area contributed by atoms with Crippen molar-refractivity contribution in [2.75, 3.05) is 5.32 Å². The van der Waals surface area contributed by atoms with Crippen molar-refractivity contribution in [2.24, 2.45) is 0 Å². The maximum absolute atomic E-state index is 12.4. The maximum atomic E-state index is 12.4. The molecule has 0 spiro atoms. The van der Waals surface area contributed by atoms with Gasteiger partial charge in [-0.2, -0.15) is 0 Å². The van der Waals surface area contributed by atoms with Crippen LogP contribution in [0.3, 0.4) is 0 Å². The van der Waals surface area contributed by atoms with Crippen molar-refractivity contribution in [1.29, 1.82) is 0 Å². The van der Waals surface area contributed by atoms with Crippen LogP contribution in [0.25, 0.3) is 17.1 Å². The average Bonchev–Trinajstić information content (AvgIpc) is 3.33. The van der Waals surface area contributed by atoms with Crippen LogP contribution >= 0.6 is 22.9 Å². The molecule has 0 saturated heterocycles. The highest BCUT2D eigenvalue weighted by molar-refractivity contribution is 7.14. The van der Waals surface area contributed by atoms with Gasteiger partial charge < -0.3 is 0 Å². The highest BCUT2D eigenvalue weighted by Crippen LogP contribution is 2.23. The van der Waals surface area contributed by atoms with Crippen LogP contribution < -0.4 is 5.32 Å². The van der Waals surface area contributed by atoms with Gasteiger partial charge in [0.25, 0.3) is 5.91 Å². The molecule has 7 nitrogen and oxygen atoms in total. The van der Waals surface area contributed by atoms with Crippen LogP contribution in [0, 0.1) is 0 Å². The van der Waals surface area contributed by atoms with Crippen molar-refractivity contribution in [3.05, 3.63) is 71.0 Å². The van der Waals surface area contributed by atoms with Gasteiger partial charge in [-0.15, -0.1) is 16.4 Å². The van der Waals surface area contributed by atoms with Gasteiger partial charge in [-0.3, -0.25) is 15.1 Å². The molecule has 1 amide bonds. The third-order valence-electron chi connectivity index (χ3n) is 3.48. The molecule has 0 fully saturated rings. The molecule has 4 rings (SSSR count). The summed E-state index contributed by atoms with van der Waals surface area (Å²) in [5.41, 5.74) is 2.26. The molecule has 0 bridgehead atoms. The van der Waals surface area contributed by atoms with Gasteiger partial charge in [-0.1, -0.05) is 35.0 Å². The summed E-state index contributed by atoms with van der Waals surface area (Å²) in [7, 11) is 0. The predicted octanol–water partition coefficient (Wildman–Crippen LogP) is 3.69. The first-order valence-corrected chi connectivity index (χ1v) is 8.82. The second kappa shape index (κ2) is 7.03. The second-order valence-electron chi connectivity index (χ2n) is 5.21. The molecule has 4 aromatic rings. The SMILES string of the molecule is O=C(Nc1nc(-c2ccccn2)cs1)c1cn(-c2ccccc2Cl)nn1. The van der Waals surface area contributed by atoms with Gasteiger partial charge in [0.1, 0.15) is 5.69 Å². The lowest BCUT2D eigenvalue weighted by molar-refractivity contribution is 0.102. The lowest BCUT2D eigenvalue weighted by atomic mass is 10.3. The molecule has 0 atom stereocenters. The van der Waals surface area contributed by atoms with Crippen molar-refractivity contribution in [3.63, 3.8) is 0 Å². The number of carbonyl (C=O) groups is 1. The number of nitrogens with zero attached hydrogens (tertiary/aromatic N) is 5. The third-order valence-corrected chi connectivity index (χ3v) is 4.55. The molecular weight excluding hydrogens is 372 g/mol. The van der Waals surface area contributed by atoms with E-state index in [9.17, 15) is 4.79 Å². The lowest BCUT2D eigenvalue weighted by Crippen LogP contribution is -2.12. The summed E-state index contributed by atoms with van der Waals surface area (Å²) in [6, 6.07) is 12.8. The first-order valence-electron chi connectivity index (χ1n) is 7.56. The van der Waals surface area contributed by atoms with Crippen LogP contribution in [0.15, 0.2) is 60.2 Å². The summed E-state index contributed by atoms with van der Waals surface area (Å²) in [5, 5.41) is 13.4. The average molecular weight is 383 g/mol. The molecule has 26 heavy (non-hydrogen) atoms. The summed E-state index contributed by atoms with van der Waals surface area (Å²) in [4.78, 5) is 21.0. The Labute approximate surface area is 157 Å². The number of pyridine rings is 1. The molecule has 0 aliphatic carbocycles. The number of anilines is 1. The molecular formula is C17H11ClN6OS. The zero-order chi connectivity index (χ0) is 17.9.